The Labute approximate surface area is 24.6 Å². The number of hydrogen-bond acceptors (Lipinski definition) is 3. The molecule has 0 amide bonds. The first-order valence-electron chi connectivity index (χ1n) is 0.752. The summed E-state index contributed by atoms with van der Waals surface area (Å²) in [6.45, 7) is 0. The summed E-state index contributed by atoms with van der Waals surface area (Å²) in [6.07, 6.45) is 0. The summed E-state index contributed by atoms with van der Waals surface area (Å²) in [5.74, 6) is 0. The van der Waals surface area contributed by atoms with Crippen LogP contribution in [0.4, 0.5) is 0 Å². The Hall–Kier alpha value is -0.0551. The molecule has 0 aromatic rings. The van der Waals surface area contributed by atoms with E-state index in [-0.39, 0.29) is 0 Å². The van der Waals surface area contributed by atoms with Gasteiger partial charge >= 0.3 is 7.62 Å². The van der Waals surface area contributed by atoms with Crippen molar-refractivity contribution in [2.24, 2.45) is 5.64 Å². The third-order valence-electron chi connectivity index (χ3n) is 0.0609. The lowest BCUT2D eigenvalue weighted by atomic mass is 10.4. The molecule has 4 heteroatoms. The summed E-state index contributed by atoms with van der Waals surface area (Å²) in [4.78, 5) is 3.19. The maximum Gasteiger partial charge on any atom is 0.437 e. The standard InChI is InChI=1S/BH3NO2/c2-1-4-3/h3H,2H2. The Kier molecular flexibility index (Phi) is 2.90. The fourth-order valence-corrected chi connectivity index (χ4v) is 0. The molecule has 23 valence electrons. The molecule has 0 aliphatic heterocycles. The first-order chi connectivity index (χ1) is 1.91. The molecular weight excluding hydrogens is 56.8 g/mol. The molecule has 0 unspecified atom stereocenters. The summed E-state index contributed by atoms with van der Waals surface area (Å²) < 4.78 is 0. The fraction of sp³-hybridized carbons (Fsp3) is 0. The molecule has 0 saturated heterocycles. The first kappa shape index (κ1) is 3.94. The molecule has 4 heavy (non-hydrogen) atoms. The van der Waals surface area contributed by atoms with Crippen molar-refractivity contribution < 1.29 is 10.1 Å². The Morgan fingerprint density at radius 3 is 2.25 bits per heavy atom. The van der Waals surface area contributed by atoms with Gasteiger partial charge in [-0.25, -0.2) is 0 Å². The van der Waals surface area contributed by atoms with E-state index >= 15 is 0 Å². The fourth-order valence-electron chi connectivity index (χ4n) is 0. The zero-order valence-corrected chi connectivity index (χ0v) is 2.01. The van der Waals surface area contributed by atoms with Crippen LogP contribution in [0.1, 0.15) is 0 Å². The van der Waals surface area contributed by atoms with Gasteiger partial charge in [-0.1, -0.05) is 0 Å². The molecule has 0 aliphatic rings. The van der Waals surface area contributed by atoms with Crippen LogP contribution in [0.25, 0.3) is 0 Å². The normalized spacial score (nSPS) is 6.50. The predicted molar refractivity (Wildman–Crippen MR) is 13.7 cm³/mol. The van der Waals surface area contributed by atoms with Gasteiger partial charge in [0.05, 0.1) is 0 Å². The van der Waals surface area contributed by atoms with Gasteiger partial charge in [0.15, 0.2) is 0 Å². The second-order valence-electron chi connectivity index (χ2n) is 0.241. The molecule has 0 aliphatic carbocycles. The maximum absolute atomic E-state index is 7.19. The SMILES string of the molecule is N[B]OO. The van der Waals surface area contributed by atoms with Crippen molar-refractivity contribution in [3.05, 3.63) is 0 Å². The van der Waals surface area contributed by atoms with Gasteiger partial charge < -0.3 is 5.64 Å². The van der Waals surface area contributed by atoms with E-state index in [1.807, 2.05) is 0 Å². The van der Waals surface area contributed by atoms with E-state index in [2.05, 4.69) is 10.4 Å². The Morgan fingerprint density at radius 1 is 2.00 bits per heavy atom. The first-order valence-corrected chi connectivity index (χ1v) is 0.752. The van der Waals surface area contributed by atoms with Crippen molar-refractivity contribution in [2.75, 3.05) is 0 Å². The molecule has 0 rings (SSSR count). The summed E-state index contributed by atoms with van der Waals surface area (Å²) in [6, 6.07) is 0. The highest BCUT2D eigenvalue weighted by Crippen LogP contribution is 1.33. The van der Waals surface area contributed by atoms with Crippen LogP contribution in [-0.2, 0) is 4.81 Å². The molecule has 0 fully saturated rings. The summed E-state index contributed by atoms with van der Waals surface area (Å²) in [7, 11) is 0.681. The minimum absolute atomic E-state index is 0.681. The average molecular weight is 59.8 g/mol. The molecule has 0 spiro atoms. The van der Waals surface area contributed by atoms with Crippen LogP contribution >= 0.6 is 0 Å². The molecule has 3 nitrogen and oxygen atoms in total. The molecule has 0 heterocycles. The van der Waals surface area contributed by atoms with E-state index in [1.54, 1.807) is 0 Å². The monoisotopic (exact) mass is 60.0 g/mol. The van der Waals surface area contributed by atoms with Gasteiger partial charge in [0.25, 0.3) is 0 Å². The highest BCUT2D eigenvalue weighted by molar-refractivity contribution is 6.21. The van der Waals surface area contributed by atoms with Gasteiger partial charge in [-0.05, 0) is 0 Å². The second-order valence-corrected chi connectivity index (χ2v) is 0.241. The van der Waals surface area contributed by atoms with E-state index in [4.69, 9.17) is 5.26 Å². The molecule has 0 aromatic heterocycles. The molecule has 0 atom stereocenters. The van der Waals surface area contributed by atoms with Crippen molar-refractivity contribution in [2.45, 2.75) is 0 Å². The van der Waals surface area contributed by atoms with Crippen molar-refractivity contribution in [3.8, 4) is 0 Å². The van der Waals surface area contributed by atoms with Crippen LogP contribution in [-0.4, -0.2) is 12.9 Å². The minimum Gasteiger partial charge on any atom is -0.345 e. The highest BCUT2D eigenvalue weighted by atomic mass is 17.1. The zero-order chi connectivity index (χ0) is 3.41. The summed E-state index contributed by atoms with van der Waals surface area (Å²) in [5, 5.41) is 7.19. The molecule has 0 aromatic carbocycles. The lowest BCUT2D eigenvalue weighted by Crippen LogP contribution is -2.05. The average Bonchev–Trinajstić information content (AvgIpc) is 1.37. The van der Waals surface area contributed by atoms with Crippen molar-refractivity contribution >= 4 is 7.62 Å². The van der Waals surface area contributed by atoms with E-state index in [0.29, 0.717) is 7.62 Å². The predicted octanol–water partition coefficient (Wildman–Crippen LogP) is -1.03. The molecule has 0 bridgehead atoms. The van der Waals surface area contributed by atoms with Crippen LogP contribution in [0.5, 0.6) is 0 Å². The summed E-state index contributed by atoms with van der Waals surface area (Å²) >= 11 is 0. The highest BCUT2D eigenvalue weighted by Gasteiger charge is 1.65. The van der Waals surface area contributed by atoms with Crippen LogP contribution in [0.3, 0.4) is 0 Å². The Bertz CT molecular complexity index is 8.00. The molecule has 3 N–H and O–H groups in total. The third-order valence-corrected chi connectivity index (χ3v) is 0.0609. The summed E-state index contributed by atoms with van der Waals surface area (Å²) in [5.41, 5.74) is 4.43. The van der Waals surface area contributed by atoms with Gasteiger partial charge in [-0.3, -0.25) is 10.1 Å². The molecule has 0 saturated carbocycles. The van der Waals surface area contributed by atoms with E-state index in [0.717, 1.165) is 0 Å². The van der Waals surface area contributed by atoms with E-state index in [9.17, 15) is 0 Å². The van der Waals surface area contributed by atoms with Gasteiger partial charge in [-0.2, -0.15) is 0 Å². The van der Waals surface area contributed by atoms with E-state index in [1.165, 1.54) is 0 Å². The maximum atomic E-state index is 7.19. The van der Waals surface area contributed by atoms with Crippen LogP contribution < -0.4 is 5.64 Å². The Balaban J connectivity index is 1.97. The van der Waals surface area contributed by atoms with Crippen molar-refractivity contribution in [3.63, 3.8) is 0 Å². The molecular formula is H3BNO2. The van der Waals surface area contributed by atoms with Gasteiger partial charge in [0, 0.05) is 0 Å². The number of nitrogens with two attached hydrogens (primary N) is 1. The van der Waals surface area contributed by atoms with Gasteiger partial charge in [-0.15, -0.1) is 0 Å². The molecule has 1 radical (unpaired) electrons. The van der Waals surface area contributed by atoms with E-state index < -0.39 is 0 Å². The van der Waals surface area contributed by atoms with Crippen LogP contribution in [0.2, 0.25) is 0 Å². The minimum atomic E-state index is 0.681. The quantitative estimate of drug-likeness (QED) is 0.231. The smallest absolute Gasteiger partial charge is 0.345 e. The van der Waals surface area contributed by atoms with Crippen molar-refractivity contribution in [1.29, 1.82) is 0 Å². The number of hydrogen-bond donors (Lipinski definition) is 2. The number of rotatable bonds is 1. The third kappa shape index (κ3) is 1.94. The lowest BCUT2D eigenvalue weighted by molar-refractivity contribution is -0.138. The lowest BCUT2D eigenvalue weighted by Gasteiger charge is -1.70. The van der Waals surface area contributed by atoms with Gasteiger partial charge in [0.1, 0.15) is 0 Å². The topological polar surface area (TPSA) is 55.5 Å². The van der Waals surface area contributed by atoms with Gasteiger partial charge in [0.2, 0.25) is 0 Å². The van der Waals surface area contributed by atoms with Crippen molar-refractivity contribution in [1.82, 2.24) is 0 Å². The Morgan fingerprint density at radius 2 is 2.25 bits per heavy atom. The van der Waals surface area contributed by atoms with Crippen LogP contribution in [0.15, 0.2) is 0 Å². The largest absolute Gasteiger partial charge is 0.437 e. The second kappa shape index (κ2) is 2.94. The van der Waals surface area contributed by atoms with Crippen LogP contribution in [0, 0.1) is 0 Å². The zero-order valence-electron chi connectivity index (χ0n) is 2.01.